The molecule has 0 radical (unpaired) electrons. The number of rotatable bonds is 8. The third kappa shape index (κ3) is 4.33. The maximum atomic E-state index is 5.96. The zero-order valence-corrected chi connectivity index (χ0v) is 18.0. The number of para-hydroxylation sites is 3. The Morgan fingerprint density at radius 2 is 1.60 bits per heavy atom. The van der Waals surface area contributed by atoms with E-state index in [2.05, 4.69) is 85.1 Å². The van der Waals surface area contributed by atoms with Crippen molar-refractivity contribution in [1.82, 2.24) is 9.55 Å². The molecule has 1 aromatic heterocycles. The number of hydrogen-bond donors (Lipinski definition) is 0. The van der Waals surface area contributed by atoms with E-state index < -0.39 is 0 Å². The molecule has 0 aliphatic carbocycles. The summed E-state index contributed by atoms with van der Waals surface area (Å²) >= 11 is 0. The van der Waals surface area contributed by atoms with Crippen LogP contribution in [0.4, 0.5) is 5.69 Å². The highest BCUT2D eigenvalue weighted by atomic mass is 16.5. The van der Waals surface area contributed by atoms with Gasteiger partial charge in [0.15, 0.2) is 0 Å². The number of ether oxygens (including phenoxy) is 1. The molecule has 0 atom stereocenters. The molecule has 0 bridgehead atoms. The van der Waals surface area contributed by atoms with Gasteiger partial charge in [-0.3, -0.25) is 0 Å². The number of hydrogen-bond acceptors (Lipinski definition) is 3. The molecule has 154 valence electrons. The Labute approximate surface area is 178 Å². The molecule has 0 aliphatic heterocycles. The van der Waals surface area contributed by atoms with E-state index in [0.717, 1.165) is 48.6 Å². The summed E-state index contributed by atoms with van der Waals surface area (Å²) in [5, 5.41) is 0. The Morgan fingerprint density at radius 3 is 2.37 bits per heavy atom. The van der Waals surface area contributed by atoms with E-state index in [4.69, 9.17) is 9.72 Å². The number of anilines is 1. The second kappa shape index (κ2) is 9.04. The average molecular weight is 400 g/mol. The van der Waals surface area contributed by atoms with Crippen molar-refractivity contribution in [2.45, 2.75) is 26.3 Å². The van der Waals surface area contributed by atoms with Gasteiger partial charge in [-0.2, -0.15) is 0 Å². The van der Waals surface area contributed by atoms with Crippen molar-refractivity contribution >= 4 is 16.7 Å². The number of fused-ring (bicyclic) bond motifs is 1. The van der Waals surface area contributed by atoms with Crippen LogP contribution in [-0.4, -0.2) is 30.3 Å². The van der Waals surface area contributed by atoms with E-state index in [1.165, 1.54) is 16.8 Å². The quantitative estimate of drug-likeness (QED) is 0.344. The minimum Gasteiger partial charge on any atom is -0.493 e. The predicted molar refractivity (Wildman–Crippen MR) is 125 cm³/mol. The number of aromatic nitrogens is 2. The first-order chi connectivity index (χ1) is 14.6. The van der Waals surface area contributed by atoms with Gasteiger partial charge in [0.1, 0.15) is 11.6 Å². The predicted octanol–water partition coefficient (Wildman–Crippen LogP) is 5.94. The van der Waals surface area contributed by atoms with Gasteiger partial charge in [0.05, 0.1) is 17.6 Å². The van der Waals surface area contributed by atoms with Gasteiger partial charge in [-0.15, -0.1) is 0 Å². The largest absolute Gasteiger partial charge is 0.493 e. The van der Waals surface area contributed by atoms with E-state index in [0.29, 0.717) is 0 Å². The van der Waals surface area contributed by atoms with Gasteiger partial charge in [-0.25, -0.2) is 4.98 Å². The zero-order chi connectivity index (χ0) is 20.9. The molecule has 0 amide bonds. The summed E-state index contributed by atoms with van der Waals surface area (Å²) in [5.41, 5.74) is 5.74. The van der Waals surface area contributed by atoms with Crippen molar-refractivity contribution in [1.29, 1.82) is 0 Å². The number of aryl methyl sites for hydroxylation is 2. The van der Waals surface area contributed by atoms with E-state index in [-0.39, 0.29) is 0 Å². The third-order valence-corrected chi connectivity index (χ3v) is 5.42. The molecule has 0 N–H and O–H groups in total. The molecule has 0 saturated carbocycles. The Hall–Kier alpha value is -3.27. The topological polar surface area (TPSA) is 30.3 Å². The lowest BCUT2D eigenvalue weighted by molar-refractivity contribution is 0.302. The highest BCUT2D eigenvalue weighted by molar-refractivity contribution is 5.80. The second-order valence-corrected chi connectivity index (χ2v) is 7.84. The molecule has 0 fully saturated rings. The SMILES string of the molecule is Cc1ccccc1OCCCCn1c(-c2ccc(N(C)C)cc2)nc2ccccc21. The van der Waals surface area contributed by atoms with Crippen LogP contribution in [0.15, 0.2) is 72.8 Å². The Morgan fingerprint density at radius 1 is 0.867 bits per heavy atom. The summed E-state index contributed by atoms with van der Waals surface area (Å²) in [4.78, 5) is 7.05. The standard InChI is InChI=1S/C26H29N3O/c1-20-10-4-7-13-25(20)30-19-9-8-18-29-24-12-6-5-11-23(24)27-26(29)21-14-16-22(17-15-21)28(2)3/h4-7,10-17H,8-9,18-19H2,1-3H3. The van der Waals surface area contributed by atoms with Crippen LogP contribution in [-0.2, 0) is 6.54 Å². The van der Waals surface area contributed by atoms with Crippen LogP contribution in [0.25, 0.3) is 22.4 Å². The van der Waals surface area contributed by atoms with Gasteiger partial charge >= 0.3 is 0 Å². The van der Waals surface area contributed by atoms with Gasteiger partial charge < -0.3 is 14.2 Å². The van der Waals surface area contributed by atoms with Gasteiger partial charge in [0.2, 0.25) is 0 Å². The second-order valence-electron chi connectivity index (χ2n) is 7.84. The van der Waals surface area contributed by atoms with Crippen LogP contribution in [0, 0.1) is 6.92 Å². The Balaban J connectivity index is 1.48. The van der Waals surface area contributed by atoms with E-state index >= 15 is 0 Å². The van der Waals surface area contributed by atoms with Gasteiger partial charge in [0.25, 0.3) is 0 Å². The van der Waals surface area contributed by atoms with Crippen molar-refractivity contribution in [2.75, 3.05) is 25.6 Å². The third-order valence-electron chi connectivity index (χ3n) is 5.42. The fraction of sp³-hybridized carbons (Fsp3) is 0.269. The summed E-state index contributed by atoms with van der Waals surface area (Å²) in [6.45, 7) is 3.73. The van der Waals surface area contributed by atoms with E-state index in [9.17, 15) is 0 Å². The van der Waals surface area contributed by atoms with Crippen molar-refractivity contribution in [2.24, 2.45) is 0 Å². The molecule has 3 aromatic carbocycles. The van der Waals surface area contributed by atoms with Crippen LogP contribution >= 0.6 is 0 Å². The normalized spacial score (nSPS) is 11.0. The average Bonchev–Trinajstić information content (AvgIpc) is 3.13. The fourth-order valence-corrected chi connectivity index (χ4v) is 3.70. The van der Waals surface area contributed by atoms with Gasteiger partial charge in [-0.05, 0) is 67.8 Å². The lowest BCUT2D eigenvalue weighted by Gasteiger charge is -2.14. The molecule has 0 aliphatic rings. The van der Waals surface area contributed by atoms with Crippen LogP contribution in [0.3, 0.4) is 0 Å². The van der Waals surface area contributed by atoms with Crippen LogP contribution in [0.2, 0.25) is 0 Å². The van der Waals surface area contributed by atoms with Gasteiger partial charge in [-0.1, -0.05) is 30.3 Å². The van der Waals surface area contributed by atoms with Crippen molar-refractivity contribution < 1.29 is 4.74 Å². The highest BCUT2D eigenvalue weighted by Crippen LogP contribution is 2.27. The molecule has 0 unspecified atom stereocenters. The summed E-state index contributed by atoms with van der Waals surface area (Å²) in [6.07, 6.45) is 2.04. The summed E-state index contributed by atoms with van der Waals surface area (Å²) in [6, 6.07) is 25.2. The smallest absolute Gasteiger partial charge is 0.141 e. The first kappa shape index (κ1) is 20.0. The van der Waals surface area contributed by atoms with Crippen molar-refractivity contribution in [3.05, 3.63) is 78.4 Å². The molecular weight excluding hydrogens is 370 g/mol. The Kier molecular flexibility index (Phi) is 6.03. The lowest BCUT2D eigenvalue weighted by Crippen LogP contribution is -2.08. The molecule has 4 heteroatoms. The number of benzene rings is 3. The molecule has 0 saturated heterocycles. The summed E-state index contributed by atoms with van der Waals surface area (Å²) < 4.78 is 8.31. The molecule has 0 spiro atoms. The molecule has 4 aromatic rings. The molecule has 4 nitrogen and oxygen atoms in total. The minimum atomic E-state index is 0.727. The molecule has 1 heterocycles. The van der Waals surface area contributed by atoms with E-state index in [1.807, 2.05) is 18.2 Å². The maximum absolute atomic E-state index is 5.96. The van der Waals surface area contributed by atoms with Crippen molar-refractivity contribution in [3.8, 4) is 17.1 Å². The summed E-state index contributed by atoms with van der Waals surface area (Å²) in [5.74, 6) is 2.01. The van der Waals surface area contributed by atoms with Crippen LogP contribution in [0.5, 0.6) is 5.75 Å². The van der Waals surface area contributed by atoms with E-state index in [1.54, 1.807) is 0 Å². The van der Waals surface area contributed by atoms with Crippen LogP contribution < -0.4 is 9.64 Å². The molecular formula is C26H29N3O. The molecule has 4 rings (SSSR count). The lowest BCUT2D eigenvalue weighted by atomic mass is 10.2. The van der Waals surface area contributed by atoms with Crippen molar-refractivity contribution in [3.63, 3.8) is 0 Å². The maximum Gasteiger partial charge on any atom is 0.141 e. The van der Waals surface area contributed by atoms with Gasteiger partial charge in [0, 0.05) is 31.9 Å². The zero-order valence-electron chi connectivity index (χ0n) is 18.0. The van der Waals surface area contributed by atoms with Crippen LogP contribution in [0.1, 0.15) is 18.4 Å². The number of unbranched alkanes of at least 4 members (excludes halogenated alkanes) is 1. The highest BCUT2D eigenvalue weighted by Gasteiger charge is 2.12. The number of imidazole rings is 1. The number of nitrogens with zero attached hydrogens (tertiary/aromatic N) is 3. The Bertz CT molecular complexity index is 1110. The first-order valence-corrected chi connectivity index (χ1v) is 10.5. The first-order valence-electron chi connectivity index (χ1n) is 10.5. The fourth-order valence-electron chi connectivity index (χ4n) is 3.70. The minimum absolute atomic E-state index is 0.727. The summed E-state index contributed by atoms with van der Waals surface area (Å²) in [7, 11) is 4.12. The monoisotopic (exact) mass is 399 g/mol. The molecule has 30 heavy (non-hydrogen) atoms.